The first-order valence-electron chi connectivity index (χ1n) is 26.9. The van der Waals surface area contributed by atoms with Crippen molar-refractivity contribution < 1.29 is 47.5 Å². The van der Waals surface area contributed by atoms with E-state index < -0.39 is 41.9 Å². The number of carbonyl (C=O) groups is 6. The summed E-state index contributed by atoms with van der Waals surface area (Å²) in [6.07, 6.45) is 28.4. The molecule has 0 saturated carbocycles. The van der Waals surface area contributed by atoms with Crippen LogP contribution in [0.3, 0.4) is 0 Å². The fourth-order valence-electron chi connectivity index (χ4n) is 7.85. The molecule has 0 saturated heterocycles. The van der Waals surface area contributed by atoms with E-state index in [4.69, 9.17) is 14.2 Å². The third-order valence-corrected chi connectivity index (χ3v) is 12.3. The van der Waals surface area contributed by atoms with Crippen LogP contribution in [0.4, 0.5) is 0 Å². The molecule has 13 nitrogen and oxygen atoms in total. The third kappa shape index (κ3) is 35.2. The largest absolute Gasteiger partial charge is 0.466 e. The van der Waals surface area contributed by atoms with Gasteiger partial charge in [0.25, 0.3) is 0 Å². The van der Waals surface area contributed by atoms with Gasteiger partial charge in [0.1, 0.15) is 18.1 Å². The number of quaternary nitrogens is 1. The third-order valence-electron chi connectivity index (χ3n) is 12.3. The van der Waals surface area contributed by atoms with E-state index in [9.17, 15) is 28.8 Å². The monoisotopic (exact) mass is 958 g/mol. The summed E-state index contributed by atoms with van der Waals surface area (Å²) < 4.78 is 17.4. The predicted molar refractivity (Wildman–Crippen MR) is 273 cm³/mol. The molecule has 390 valence electrons. The van der Waals surface area contributed by atoms with Crippen molar-refractivity contribution in [3.05, 3.63) is 35.4 Å². The first kappa shape index (κ1) is 62.0. The predicted octanol–water partition coefficient (Wildman–Crippen LogP) is 10.8. The molecular weight excluding hydrogens is 861 g/mol. The van der Waals surface area contributed by atoms with Crippen LogP contribution in [0.15, 0.2) is 24.3 Å². The lowest BCUT2D eigenvalue weighted by Crippen LogP contribution is -2.54. The van der Waals surface area contributed by atoms with Crippen molar-refractivity contribution in [1.82, 2.24) is 16.0 Å². The normalized spacial score (nSPS) is 12.7. The number of nitrogens with zero attached hydrogens (tertiary/aromatic N) is 1. The Balaban J connectivity index is 2.43. The maximum absolute atomic E-state index is 13.3. The van der Waals surface area contributed by atoms with E-state index in [0.29, 0.717) is 25.0 Å². The molecule has 0 aliphatic heterocycles. The van der Waals surface area contributed by atoms with Gasteiger partial charge in [-0.15, -0.1) is 0 Å². The lowest BCUT2D eigenvalue weighted by Gasteiger charge is -2.23. The van der Waals surface area contributed by atoms with Crippen molar-refractivity contribution in [1.29, 1.82) is 0 Å². The van der Waals surface area contributed by atoms with Gasteiger partial charge in [-0.1, -0.05) is 153 Å². The Morgan fingerprint density at radius 1 is 0.500 bits per heavy atom. The molecule has 68 heavy (non-hydrogen) atoms. The molecule has 3 amide bonds. The Hall–Kier alpha value is -4.00. The van der Waals surface area contributed by atoms with Crippen molar-refractivity contribution in [2.75, 3.05) is 47.5 Å². The van der Waals surface area contributed by atoms with Gasteiger partial charge in [0.05, 0.1) is 53.1 Å². The van der Waals surface area contributed by atoms with Crippen molar-refractivity contribution in [3.8, 4) is 0 Å². The van der Waals surface area contributed by atoms with Gasteiger partial charge in [0.2, 0.25) is 17.7 Å². The van der Waals surface area contributed by atoms with Crippen LogP contribution < -0.4 is 16.0 Å². The Bertz CT molecular complexity index is 1510. The minimum absolute atomic E-state index is 0.00338. The van der Waals surface area contributed by atoms with Crippen LogP contribution in [-0.4, -0.2) is 106 Å². The second-order valence-corrected chi connectivity index (χ2v) is 20.1. The summed E-state index contributed by atoms with van der Waals surface area (Å²) in [7, 11) is 6.66. The van der Waals surface area contributed by atoms with Crippen molar-refractivity contribution in [3.63, 3.8) is 0 Å². The Morgan fingerprint density at radius 3 is 1.44 bits per heavy atom. The van der Waals surface area contributed by atoms with E-state index in [1.165, 1.54) is 77.7 Å². The van der Waals surface area contributed by atoms with Gasteiger partial charge in [0.15, 0.2) is 0 Å². The molecule has 0 bridgehead atoms. The Labute approximate surface area is 412 Å². The number of ether oxygens (including phenoxy) is 3. The highest BCUT2D eigenvalue weighted by molar-refractivity contribution is 5.93. The van der Waals surface area contributed by atoms with Crippen molar-refractivity contribution >= 4 is 35.6 Å². The van der Waals surface area contributed by atoms with Crippen LogP contribution in [0.25, 0.3) is 0 Å². The fraction of sp³-hybridized carbons (Fsp3) is 0.782. The topological polar surface area (TPSA) is 166 Å². The molecule has 3 atom stereocenters. The smallest absolute Gasteiger partial charge is 0.338 e. The molecule has 13 heteroatoms. The molecule has 0 fully saturated rings. The number of amides is 3. The second kappa shape index (κ2) is 39.8. The van der Waals surface area contributed by atoms with Crippen LogP contribution in [0.5, 0.6) is 0 Å². The second-order valence-electron chi connectivity index (χ2n) is 20.1. The van der Waals surface area contributed by atoms with Gasteiger partial charge in [-0.3, -0.25) is 19.2 Å². The number of hydrogen-bond donors (Lipinski definition) is 3. The average molecular weight is 958 g/mol. The minimum Gasteiger partial charge on any atom is -0.466 e. The molecule has 0 spiro atoms. The van der Waals surface area contributed by atoms with Gasteiger partial charge >= 0.3 is 17.9 Å². The first-order chi connectivity index (χ1) is 32.6. The SMILES string of the molecule is CCCCCCCCCCCCOC(=O)[C@H](CCC(=O)OCCCCCCCCCCOC(=O)c1ccc(C)cc1)NC(=O)[C@H](C)NC(=O)[C@H](C)NC(=O)CCCCCCCCCC[N+](C)(C)C. The first-order valence-corrected chi connectivity index (χ1v) is 26.9. The standard InChI is InChI=1S/C55H96N4O9/c1-8-9-10-11-12-13-16-22-28-33-44-68-55(65)49(39-40-51(61)66-42-31-26-21-17-18-23-27-32-43-67-54(64)48-37-35-45(2)36-38-48)58-53(63)47(4)57-52(62)46(3)56-50(60)34-29-24-19-14-15-20-25-30-41-59(5,6)7/h35-38,46-47,49H,8-34,39-44H2,1-7H3,(H2-,56,57,58,60,62,63)/p+1/t46-,47-,49-/m0/s1. The molecule has 0 heterocycles. The van der Waals surface area contributed by atoms with Crippen LogP contribution in [-0.2, 0) is 38.2 Å². The molecular formula is C55H97N4O9+. The van der Waals surface area contributed by atoms with E-state index >= 15 is 0 Å². The summed E-state index contributed by atoms with van der Waals surface area (Å²) in [5.41, 5.74) is 1.68. The van der Waals surface area contributed by atoms with Gasteiger partial charge in [-0.2, -0.15) is 0 Å². The number of carbonyl (C=O) groups excluding carboxylic acids is 6. The molecule has 1 aromatic rings. The van der Waals surface area contributed by atoms with Crippen LogP contribution in [0.1, 0.15) is 223 Å². The molecule has 0 aliphatic carbocycles. The summed E-state index contributed by atoms with van der Waals surface area (Å²) >= 11 is 0. The summed E-state index contributed by atoms with van der Waals surface area (Å²) in [5.74, 6) is -2.68. The van der Waals surface area contributed by atoms with Crippen molar-refractivity contribution in [2.24, 2.45) is 0 Å². The Morgan fingerprint density at radius 2 is 0.926 bits per heavy atom. The highest BCUT2D eigenvalue weighted by atomic mass is 16.5. The lowest BCUT2D eigenvalue weighted by molar-refractivity contribution is -0.870. The maximum Gasteiger partial charge on any atom is 0.338 e. The summed E-state index contributed by atoms with van der Waals surface area (Å²) in [6, 6.07) is 4.43. The number of unbranched alkanes of at least 4 members (excludes halogenated alkanes) is 23. The fourth-order valence-corrected chi connectivity index (χ4v) is 7.85. The Kier molecular flexibility index (Phi) is 36.3. The number of aryl methyl sites for hydroxylation is 1. The molecule has 0 unspecified atom stereocenters. The molecule has 3 N–H and O–H groups in total. The number of hydrogen-bond acceptors (Lipinski definition) is 9. The van der Waals surface area contributed by atoms with E-state index in [0.717, 1.165) is 106 Å². The van der Waals surface area contributed by atoms with Crippen LogP contribution >= 0.6 is 0 Å². The van der Waals surface area contributed by atoms with Gasteiger partial charge < -0.3 is 34.6 Å². The van der Waals surface area contributed by atoms with E-state index in [2.05, 4.69) is 44.0 Å². The summed E-state index contributed by atoms with van der Waals surface area (Å²) in [4.78, 5) is 77.0. The zero-order chi connectivity index (χ0) is 50.3. The quantitative estimate of drug-likeness (QED) is 0.0250. The average Bonchev–Trinajstić information content (AvgIpc) is 3.29. The molecule has 1 aromatic carbocycles. The molecule has 0 radical (unpaired) electrons. The van der Waals surface area contributed by atoms with Gasteiger partial charge in [0, 0.05) is 12.8 Å². The van der Waals surface area contributed by atoms with E-state index in [-0.39, 0.29) is 37.9 Å². The molecule has 0 aromatic heterocycles. The summed E-state index contributed by atoms with van der Waals surface area (Å²) in [5, 5.41) is 8.07. The molecule has 0 aliphatic rings. The van der Waals surface area contributed by atoms with E-state index in [1.54, 1.807) is 19.1 Å². The van der Waals surface area contributed by atoms with Crippen LogP contribution in [0, 0.1) is 6.92 Å². The highest BCUT2D eigenvalue weighted by Crippen LogP contribution is 2.14. The van der Waals surface area contributed by atoms with Gasteiger partial charge in [-0.05, 0) is 77.8 Å². The number of rotatable bonds is 43. The van der Waals surface area contributed by atoms with Crippen LogP contribution in [0.2, 0.25) is 0 Å². The number of benzene rings is 1. The highest BCUT2D eigenvalue weighted by Gasteiger charge is 2.28. The van der Waals surface area contributed by atoms with Gasteiger partial charge in [-0.25, -0.2) is 9.59 Å². The number of nitrogens with one attached hydrogen (secondary N) is 3. The lowest BCUT2D eigenvalue weighted by atomic mass is 10.1. The van der Waals surface area contributed by atoms with E-state index in [1.807, 2.05) is 19.1 Å². The molecule has 1 rings (SSSR count). The number of esters is 3. The zero-order valence-electron chi connectivity index (χ0n) is 44.0. The summed E-state index contributed by atoms with van der Waals surface area (Å²) in [6.45, 7) is 9.40. The zero-order valence-corrected chi connectivity index (χ0v) is 44.0. The maximum atomic E-state index is 13.3. The van der Waals surface area contributed by atoms with Crippen molar-refractivity contribution in [2.45, 2.75) is 232 Å². The minimum atomic E-state index is -1.09.